The van der Waals surface area contributed by atoms with E-state index in [0.29, 0.717) is 6.54 Å². The topological polar surface area (TPSA) is 49.3 Å². The third kappa shape index (κ3) is 6.43. The Morgan fingerprint density at radius 3 is 2.66 bits per heavy atom. The fourth-order valence-corrected chi connectivity index (χ4v) is 4.11. The normalized spacial score (nSPS) is 23.0. The molecular formula is C23H38N4O2. The van der Waals surface area contributed by atoms with E-state index in [1.807, 2.05) is 0 Å². The maximum Gasteiger partial charge on any atom is 0.194 e. The van der Waals surface area contributed by atoms with Gasteiger partial charge in [0, 0.05) is 32.8 Å². The summed E-state index contributed by atoms with van der Waals surface area (Å²) in [4.78, 5) is 9.72. The van der Waals surface area contributed by atoms with Gasteiger partial charge in [0.05, 0.1) is 19.3 Å². The van der Waals surface area contributed by atoms with E-state index in [1.165, 1.54) is 11.1 Å². The number of benzene rings is 1. The van der Waals surface area contributed by atoms with E-state index in [4.69, 9.17) is 14.5 Å². The van der Waals surface area contributed by atoms with E-state index in [2.05, 4.69) is 60.2 Å². The molecule has 2 heterocycles. The number of hydrogen-bond donors (Lipinski definition) is 1. The Bertz CT molecular complexity index is 642. The Hall–Kier alpha value is -1.63. The molecule has 0 amide bonds. The van der Waals surface area contributed by atoms with Gasteiger partial charge in [-0.1, -0.05) is 38.1 Å². The van der Waals surface area contributed by atoms with Crippen LogP contribution in [-0.4, -0.2) is 73.9 Å². The van der Waals surface area contributed by atoms with E-state index in [1.54, 1.807) is 0 Å². The first-order valence-electron chi connectivity index (χ1n) is 11.3. The maximum absolute atomic E-state index is 6.00. The van der Waals surface area contributed by atoms with Crippen LogP contribution in [0.4, 0.5) is 0 Å². The van der Waals surface area contributed by atoms with Gasteiger partial charge in [-0.3, -0.25) is 4.90 Å². The lowest BCUT2D eigenvalue weighted by Gasteiger charge is -2.37. The third-order valence-corrected chi connectivity index (χ3v) is 5.81. The van der Waals surface area contributed by atoms with Crippen LogP contribution >= 0.6 is 0 Å². The van der Waals surface area contributed by atoms with Crippen LogP contribution in [0.2, 0.25) is 0 Å². The van der Waals surface area contributed by atoms with Crippen LogP contribution in [0.1, 0.15) is 44.7 Å². The van der Waals surface area contributed by atoms with Crippen LogP contribution in [0.3, 0.4) is 0 Å². The molecule has 1 aromatic rings. The molecule has 29 heavy (non-hydrogen) atoms. The third-order valence-electron chi connectivity index (χ3n) is 5.81. The van der Waals surface area contributed by atoms with Crippen LogP contribution in [0.5, 0.6) is 0 Å². The predicted molar refractivity (Wildman–Crippen MR) is 118 cm³/mol. The fourth-order valence-electron chi connectivity index (χ4n) is 4.11. The van der Waals surface area contributed by atoms with Crippen molar-refractivity contribution < 1.29 is 9.47 Å². The summed E-state index contributed by atoms with van der Waals surface area (Å²) < 4.78 is 11.9. The number of nitrogens with one attached hydrogen (secondary N) is 1. The number of hydrogen-bond acceptors (Lipinski definition) is 4. The Balaban J connectivity index is 1.64. The minimum atomic E-state index is 0.146. The largest absolute Gasteiger partial charge is 0.375 e. The summed E-state index contributed by atoms with van der Waals surface area (Å²) in [6, 6.07) is 8.83. The minimum Gasteiger partial charge on any atom is -0.375 e. The second-order valence-corrected chi connectivity index (χ2v) is 7.86. The van der Waals surface area contributed by atoms with Crippen LogP contribution in [0.15, 0.2) is 29.3 Å². The highest BCUT2D eigenvalue weighted by Crippen LogP contribution is 2.21. The average Bonchev–Trinajstić information content (AvgIpc) is 3.30. The summed E-state index contributed by atoms with van der Waals surface area (Å²) in [6.45, 7) is 14.6. The first-order valence-corrected chi connectivity index (χ1v) is 11.3. The van der Waals surface area contributed by atoms with Gasteiger partial charge in [0.15, 0.2) is 5.96 Å². The van der Waals surface area contributed by atoms with Crippen molar-refractivity contribution in [2.75, 3.05) is 45.9 Å². The molecule has 1 aromatic carbocycles. The quantitative estimate of drug-likeness (QED) is 0.535. The van der Waals surface area contributed by atoms with E-state index >= 15 is 0 Å². The van der Waals surface area contributed by atoms with Gasteiger partial charge in [-0.15, -0.1) is 0 Å². The van der Waals surface area contributed by atoms with E-state index < -0.39 is 0 Å². The molecule has 2 fully saturated rings. The molecule has 0 radical (unpaired) electrons. The van der Waals surface area contributed by atoms with Gasteiger partial charge in [-0.05, 0) is 44.0 Å². The van der Waals surface area contributed by atoms with Gasteiger partial charge in [-0.2, -0.15) is 0 Å². The van der Waals surface area contributed by atoms with Crippen molar-refractivity contribution in [1.29, 1.82) is 0 Å². The number of guanidine groups is 1. The molecule has 2 saturated heterocycles. The first-order chi connectivity index (χ1) is 14.2. The highest BCUT2D eigenvalue weighted by molar-refractivity contribution is 5.80. The fraction of sp³-hybridized carbons (Fsp3) is 0.696. The number of aliphatic imine (C=N–C) groups is 1. The smallest absolute Gasteiger partial charge is 0.194 e. The lowest BCUT2D eigenvalue weighted by atomic mass is 10.1. The number of ether oxygens (including phenoxy) is 2. The molecular weight excluding hydrogens is 364 g/mol. The van der Waals surface area contributed by atoms with Gasteiger partial charge < -0.3 is 19.7 Å². The molecule has 0 aromatic heterocycles. The molecule has 0 aliphatic carbocycles. The second-order valence-electron chi connectivity index (χ2n) is 7.86. The van der Waals surface area contributed by atoms with E-state index in [9.17, 15) is 0 Å². The molecule has 2 unspecified atom stereocenters. The summed E-state index contributed by atoms with van der Waals surface area (Å²) in [5.74, 6) is 0.980. The molecule has 0 spiro atoms. The van der Waals surface area contributed by atoms with Crippen molar-refractivity contribution in [2.24, 2.45) is 4.99 Å². The zero-order valence-corrected chi connectivity index (χ0v) is 18.4. The molecule has 3 rings (SSSR count). The number of nitrogens with zero attached hydrogens (tertiary/aromatic N) is 3. The summed E-state index contributed by atoms with van der Waals surface area (Å²) in [6.07, 6.45) is 2.62. The van der Waals surface area contributed by atoms with Crippen LogP contribution in [0.25, 0.3) is 0 Å². The summed E-state index contributed by atoms with van der Waals surface area (Å²) in [5.41, 5.74) is 2.62. The van der Waals surface area contributed by atoms with Crippen LogP contribution in [-0.2, 0) is 22.6 Å². The van der Waals surface area contributed by atoms with Gasteiger partial charge in [-0.25, -0.2) is 4.99 Å². The van der Waals surface area contributed by atoms with Crippen molar-refractivity contribution in [1.82, 2.24) is 15.1 Å². The molecule has 2 aliphatic heterocycles. The van der Waals surface area contributed by atoms with Crippen LogP contribution in [0, 0.1) is 0 Å². The Morgan fingerprint density at radius 1 is 1.14 bits per heavy atom. The molecule has 2 aliphatic rings. The Kier molecular flexibility index (Phi) is 8.77. The highest BCUT2D eigenvalue weighted by Gasteiger charge is 2.32. The Morgan fingerprint density at radius 2 is 1.93 bits per heavy atom. The highest BCUT2D eigenvalue weighted by atomic mass is 16.5. The minimum absolute atomic E-state index is 0.146. The lowest BCUT2D eigenvalue weighted by Crippen LogP contribution is -2.53. The van der Waals surface area contributed by atoms with Crippen molar-refractivity contribution >= 4 is 5.96 Å². The van der Waals surface area contributed by atoms with Gasteiger partial charge >= 0.3 is 0 Å². The van der Waals surface area contributed by atoms with Crippen LogP contribution < -0.4 is 5.32 Å². The lowest BCUT2D eigenvalue weighted by molar-refractivity contribution is -0.0817. The maximum atomic E-state index is 6.00. The monoisotopic (exact) mass is 402 g/mol. The molecule has 6 heteroatoms. The van der Waals surface area contributed by atoms with Crippen molar-refractivity contribution in [2.45, 2.75) is 58.9 Å². The van der Waals surface area contributed by atoms with Gasteiger partial charge in [0.25, 0.3) is 0 Å². The summed E-state index contributed by atoms with van der Waals surface area (Å²) in [5, 5.41) is 3.47. The second kappa shape index (κ2) is 11.5. The van der Waals surface area contributed by atoms with E-state index in [0.717, 1.165) is 71.3 Å². The summed E-state index contributed by atoms with van der Waals surface area (Å²) in [7, 11) is 0. The number of morpholine rings is 1. The van der Waals surface area contributed by atoms with Crippen molar-refractivity contribution in [3.63, 3.8) is 0 Å². The molecule has 2 atom stereocenters. The predicted octanol–water partition coefficient (Wildman–Crippen LogP) is 2.87. The Labute approximate surface area is 176 Å². The van der Waals surface area contributed by atoms with E-state index in [-0.39, 0.29) is 12.2 Å². The first kappa shape index (κ1) is 22.1. The zero-order chi connectivity index (χ0) is 20.5. The molecule has 1 N–H and O–H groups in total. The standard InChI is InChI=1S/C23H38N4O2/c1-4-24-23(27-12-14-29-22(18-27)21-11-8-13-28-21)25-16-19-9-7-10-20(15-19)17-26(5-2)6-3/h7,9-10,15,21-22H,4-6,8,11-14,16-18H2,1-3H3,(H,24,25). The average molecular weight is 403 g/mol. The van der Waals surface area contributed by atoms with Crippen molar-refractivity contribution in [3.8, 4) is 0 Å². The molecule has 0 bridgehead atoms. The van der Waals surface area contributed by atoms with Gasteiger partial charge in [0.1, 0.15) is 6.10 Å². The number of rotatable bonds is 8. The zero-order valence-electron chi connectivity index (χ0n) is 18.4. The van der Waals surface area contributed by atoms with Gasteiger partial charge in [0.2, 0.25) is 0 Å². The molecule has 0 saturated carbocycles. The molecule has 6 nitrogen and oxygen atoms in total. The molecule has 162 valence electrons. The SMILES string of the molecule is CCNC(=NCc1cccc(CN(CC)CC)c1)N1CCOC(C2CCCO2)C1. The summed E-state index contributed by atoms with van der Waals surface area (Å²) >= 11 is 0. The van der Waals surface area contributed by atoms with Crippen molar-refractivity contribution in [3.05, 3.63) is 35.4 Å².